The number of nitrogens with zero attached hydrogens (tertiary/aromatic N) is 6. The summed E-state index contributed by atoms with van der Waals surface area (Å²) in [7, 11) is 0. The van der Waals surface area contributed by atoms with Crippen molar-refractivity contribution in [2.45, 2.75) is 25.4 Å². The predicted molar refractivity (Wildman–Crippen MR) is 120 cm³/mol. The molecule has 4 aromatic rings. The maximum Gasteiger partial charge on any atom is 0.416 e. The van der Waals surface area contributed by atoms with Crippen LogP contribution in [0.25, 0.3) is 17.1 Å². The molecule has 36 heavy (non-hydrogen) atoms. The molecule has 0 aliphatic carbocycles. The Balaban J connectivity index is 1.71. The molecular formula is C21H14Cl2F4N6O3. The summed E-state index contributed by atoms with van der Waals surface area (Å²) in [5.41, 5.74) is -0.749. The van der Waals surface area contributed by atoms with Crippen LogP contribution in [0, 0.1) is 5.82 Å². The Morgan fingerprint density at radius 1 is 1.11 bits per heavy atom. The molecule has 1 N–H and O–H groups in total. The van der Waals surface area contributed by atoms with Crippen LogP contribution in [0.4, 0.5) is 17.6 Å². The fourth-order valence-corrected chi connectivity index (χ4v) is 3.56. The Morgan fingerprint density at radius 2 is 1.81 bits per heavy atom. The van der Waals surface area contributed by atoms with Gasteiger partial charge in [-0.3, -0.25) is 9.36 Å². The van der Waals surface area contributed by atoms with Gasteiger partial charge in [0.05, 0.1) is 17.8 Å². The van der Waals surface area contributed by atoms with Gasteiger partial charge in [0.15, 0.2) is 17.8 Å². The number of aliphatic hydroxyl groups excluding tert-OH is 1. The van der Waals surface area contributed by atoms with Crippen molar-refractivity contribution in [2.24, 2.45) is 0 Å². The summed E-state index contributed by atoms with van der Waals surface area (Å²) in [4.78, 5) is 28.6. The van der Waals surface area contributed by atoms with Crippen molar-refractivity contribution in [3.63, 3.8) is 0 Å². The summed E-state index contributed by atoms with van der Waals surface area (Å²) in [6, 6.07) is 9.09. The van der Waals surface area contributed by atoms with Crippen molar-refractivity contribution in [1.82, 2.24) is 29.1 Å². The van der Waals surface area contributed by atoms with Crippen LogP contribution in [0.2, 0.25) is 5.02 Å². The fraction of sp³-hybridized carbons (Fsp3) is 0.190. The molecule has 2 aromatic carbocycles. The summed E-state index contributed by atoms with van der Waals surface area (Å²) in [6.07, 6.45) is -6.60. The van der Waals surface area contributed by atoms with Crippen LogP contribution >= 0.6 is 23.2 Å². The smallest absolute Gasteiger partial charge is 0.382 e. The number of benzene rings is 2. The zero-order chi connectivity index (χ0) is 26.2. The zero-order valence-electron chi connectivity index (χ0n) is 17.8. The van der Waals surface area contributed by atoms with E-state index in [2.05, 4.69) is 15.2 Å². The molecule has 0 aliphatic rings. The first-order chi connectivity index (χ1) is 16.9. The Hall–Kier alpha value is -3.55. The zero-order valence-corrected chi connectivity index (χ0v) is 19.3. The molecule has 4 rings (SSSR count). The molecule has 15 heteroatoms. The Kier molecular flexibility index (Phi) is 6.98. The largest absolute Gasteiger partial charge is 0.416 e. The van der Waals surface area contributed by atoms with Crippen LogP contribution in [-0.4, -0.2) is 51.7 Å². The number of carbonyl (C=O) groups is 1. The lowest BCUT2D eigenvalue weighted by Gasteiger charge is -2.15. The van der Waals surface area contributed by atoms with Gasteiger partial charge < -0.3 is 5.11 Å². The molecule has 0 saturated carbocycles. The molecule has 0 spiro atoms. The number of hydrogen-bond donors (Lipinski definition) is 1. The molecule has 0 amide bonds. The van der Waals surface area contributed by atoms with E-state index in [0.717, 1.165) is 21.5 Å². The van der Waals surface area contributed by atoms with Crippen LogP contribution < -0.4 is 5.69 Å². The molecule has 2 aromatic heterocycles. The number of halogens is 6. The number of alkyl halides is 3. The third-order valence-electron chi connectivity index (χ3n) is 5.01. The van der Waals surface area contributed by atoms with Gasteiger partial charge in [-0.15, -0.1) is 10.2 Å². The van der Waals surface area contributed by atoms with Crippen LogP contribution in [0.5, 0.6) is 0 Å². The minimum Gasteiger partial charge on any atom is -0.382 e. The van der Waals surface area contributed by atoms with Gasteiger partial charge >= 0.3 is 11.9 Å². The van der Waals surface area contributed by atoms with Crippen molar-refractivity contribution < 1.29 is 27.5 Å². The number of hydrogen-bond acceptors (Lipinski definition) is 6. The van der Waals surface area contributed by atoms with Gasteiger partial charge in [0.2, 0.25) is 0 Å². The van der Waals surface area contributed by atoms with Gasteiger partial charge in [-0.2, -0.15) is 13.2 Å². The quantitative estimate of drug-likeness (QED) is 0.282. The van der Waals surface area contributed by atoms with Gasteiger partial charge in [-0.25, -0.2) is 23.5 Å². The minimum absolute atomic E-state index is 0.00178. The van der Waals surface area contributed by atoms with Crippen molar-refractivity contribution >= 4 is 28.4 Å². The van der Waals surface area contributed by atoms with Crippen molar-refractivity contribution in [2.75, 3.05) is 0 Å². The Bertz CT molecular complexity index is 1480. The summed E-state index contributed by atoms with van der Waals surface area (Å²) < 4.78 is 55.1. The van der Waals surface area contributed by atoms with Gasteiger partial charge in [-0.1, -0.05) is 11.6 Å². The maximum absolute atomic E-state index is 13.5. The highest BCUT2D eigenvalue weighted by Gasteiger charge is 2.39. The van der Waals surface area contributed by atoms with Crippen molar-refractivity contribution in [3.8, 4) is 17.1 Å². The molecule has 0 fully saturated rings. The van der Waals surface area contributed by atoms with E-state index >= 15 is 0 Å². The van der Waals surface area contributed by atoms with E-state index in [1.54, 1.807) is 0 Å². The SMILES string of the molecule is O=C(Cl)c1cc(F)ccc1-n1cnc(Cn2nc(-c3ccc(Cl)cc3)n(CC(O)C(F)(F)F)c2=O)n1. The molecule has 9 nitrogen and oxygen atoms in total. The topological polar surface area (TPSA) is 108 Å². The normalized spacial score (nSPS) is 12.6. The van der Waals surface area contributed by atoms with E-state index in [4.69, 9.17) is 23.2 Å². The molecule has 1 unspecified atom stereocenters. The second-order valence-electron chi connectivity index (χ2n) is 7.48. The fourth-order valence-electron chi connectivity index (χ4n) is 3.28. The molecular weight excluding hydrogens is 531 g/mol. The number of rotatable bonds is 7. The van der Waals surface area contributed by atoms with Crippen LogP contribution in [0.1, 0.15) is 16.2 Å². The van der Waals surface area contributed by atoms with Gasteiger partial charge in [-0.05, 0) is 54.1 Å². The minimum atomic E-state index is -4.97. The van der Waals surface area contributed by atoms with E-state index in [-0.39, 0.29) is 35.0 Å². The Morgan fingerprint density at radius 3 is 2.44 bits per heavy atom. The summed E-state index contributed by atoms with van der Waals surface area (Å²) in [5, 5.41) is 17.2. The van der Waals surface area contributed by atoms with E-state index in [1.807, 2.05) is 0 Å². The number of aromatic nitrogens is 6. The summed E-state index contributed by atoms with van der Waals surface area (Å²) in [6.45, 7) is -1.47. The lowest BCUT2D eigenvalue weighted by Crippen LogP contribution is -2.37. The van der Waals surface area contributed by atoms with Gasteiger partial charge in [0.25, 0.3) is 5.24 Å². The first-order valence-electron chi connectivity index (χ1n) is 10.0. The predicted octanol–water partition coefficient (Wildman–Crippen LogP) is 3.44. The number of aliphatic hydroxyl groups is 1. The highest BCUT2D eigenvalue weighted by atomic mass is 35.5. The maximum atomic E-state index is 13.5. The molecule has 0 saturated heterocycles. The van der Waals surface area contributed by atoms with E-state index in [1.165, 1.54) is 36.7 Å². The standard InChI is InChI=1S/C21H14Cl2F4N6O3/c22-12-3-1-11(2-4-12)19-30-32(20(36)31(19)8-16(34)21(25,26)27)9-17-28-10-33(29-17)15-6-5-13(24)7-14(15)18(23)35/h1-7,10,16,34H,8-9H2. The highest BCUT2D eigenvalue weighted by molar-refractivity contribution is 6.68. The van der Waals surface area contributed by atoms with Crippen LogP contribution in [0.3, 0.4) is 0 Å². The van der Waals surface area contributed by atoms with E-state index in [9.17, 15) is 32.3 Å². The number of carbonyl (C=O) groups excluding carboxylic acids is 1. The Labute approximate surface area is 209 Å². The van der Waals surface area contributed by atoms with Gasteiger partial charge in [0, 0.05) is 10.6 Å². The van der Waals surface area contributed by atoms with Crippen LogP contribution in [0.15, 0.2) is 53.6 Å². The van der Waals surface area contributed by atoms with Crippen LogP contribution in [-0.2, 0) is 13.1 Å². The third kappa shape index (κ3) is 5.32. The molecule has 0 aliphatic heterocycles. The summed E-state index contributed by atoms with van der Waals surface area (Å²) >= 11 is 11.4. The average Bonchev–Trinajstić information content (AvgIpc) is 3.39. The van der Waals surface area contributed by atoms with Crippen molar-refractivity contribution in [3.05, 3.63) is 81.5 Å². The second-order valence-corrected chi connectivity index (χ2v) is 8.26. The molecule has 2 heterocycles. The molecule has 1 atom stereocenters. The van der Waals surface area contributed by atoms with Gasteiger partial charge in [0.1, 0.15) is 18.7 Å². The average molecular weight is 545 g/mol. The third-order valence-corrected chi connectivity index (χ3v) is 5.46. The monoisotopic (exact) mass is 544 g/mol. The lowest BCUT2D eigenvalue weighted by molar-refractivity contribution is -0.207. The second kappa shape index (κ2) is 9.84. The molecule has 0 bridgehead atoms. The van der Waals surface area contributed by atoms with E-state index < -0.39 is 35.6 Å². The summed E-state index contributed by atoms with van der Waals surface area (Å²) in [5.74, 6) is -0.845. The molecule has 0 radical (unpaired) electrons. The highest BCUT2D eigenvalue weighted by Crippen LogP contribution is 2.24. The first-order valence-corrected chi connectivity index (χ1v) is 10.8. The first kappa shape index (κ1) is 25.5. The van der Waals surface area contributed by atoms with E-state index in [0.29, 0.717) is 9.59 Å². The van der Waals surface area contributed by atoms with Crippen molar-refractivity contribution in [1.29, 1.82) is 0 Å². The molecule has 188 valence electrons. The lowest BCUT2D eigenvalue weighted by atomic mass is 10.2.